The van der Waals surface area contributed by atoms with Crippen LogP contribution in [0.1, 0.15) is 13.3 Å². The third-order valence-electron chi connectivity index (χ3n) is 6.07. The van der Waals surface area contributed by atoms with E-state index in [0.717, 1.165) is 12.0 Å². The predicted octanol–water partition coefficient (Wildman–Crippen LogP) is -0.242. The van der Waals surface area contributed by atoms with Gasteiger partial charge in [0.25, 0.3) is 0 Å². The molecule has 10 heteroatoms. The van der Waals surface area contributed by atoms with E-state index >= 15 is 0 Å². The molecule has 2 saturated heterocycles. The first-order valence-corrected chi connectivity index (χ1v) is 11.8. The summed E-state index contributed by atoms with van der Waals surface area (Å²) in [7, 11) is 0. The second-order valence-electron chi connectivity index (χ2n) is 8.02. The lowest BCUT2D eigenvalue weighted by Crippen LogP contribution is -2.65. The van der Waals surface area contributed by atoms with Crippen LogP contribution in [0.5, 0.6) is 0 Å². The summed E-state index contributed by atoms with van der Waals surface area (Å²) in [6.45, 7) is 6.55. The van der Waals surface area contributed by atoms with Gasteiger partial charge in [0, 0.05) is 12.5 Å². The monoisotopic (exact) mass is 462 g/mol. The molecule has 10 atom stereocenters. The summed E-state index contributed by atoms with van der Waals surface area (Å²) in [4.78, 5) is 13.1. The number of thioether (sulfide) groups is 1. The van der Waals surface area contributed by atoms with Gasteiger partial charge in [0.1, 0.15) is 35.9 Å². The minimum Gasteiger partial charge on any atom is -0.388 e. The molecule has 0 aliphatic carbocycles. The fourth-order valence-corrected chi connectivity index (χ4v) is 5.23. The summed E-state index contributed by atoms with van der Waals surface area (Å²) in [5.74, 6) is -0.159. The van der Waals surface area contributed by atoms with Crippen LogP contribution in [0.3, 0.4) is 0 Å². The maximum absolute atomic E-state index is 13.1. The second-order valence-corrected chi connectivity index (χ2v) is 9.64. The molecule has 3 aliphatic rings. The molecule has 170 valence electrons. The normalized spacial score (nSPS) is 41.2. The number of amides is 1. The lowest BCUT2D eigenvalue weighted by atomic mass is 9.92. The van der Waals surface area contributed by atoms with Gasteiger partial charge in [0.05, 0.1) is 24.1 Å². The fourth-order valence-electron chi connectivity index (χ4n) is 4.34. The van der Waals surface area contributed by atoms with Crippen molar-refractivity contribution < 1.29 is 29.6 Å². The van der Waals surface area contributed by atoms with E-state index in [1.807, 2.05) is 12.2 Å². The average Bonchev–Trinajstić information content (AvgIpc) is 3.00. The van der Waals surface area contributed by atoms with Gasteiger partial charge in [-0.15, -0.1) is 23.4 Å². The second kappa shape index (κ2) is 10.3. The number of ether oxygens (including phenoxy) is 2. The first-order chi connectivity index (χ1) is 14.3. The summed E-state index contributed by atoms with van der Waals surface area (Å²) in [6.07, 6.45) is 0.990. The zero-order valence-electron chi connectivity index (χ0n) is 17.1. The standard InChI is InChI=1S/C20H31ClN2O6S/c1-4-10-5-6-28-17-11(7-10)8-22-13(17)19(27)23-12(9(2)21)18-15(25)14(24)16(26)20(29-18)30-3/h4-5,9,11-18,20,22,24-26H,1,6-8H2,2-3H3,(H,23,27)/t9-,11-,12+,13-,14?,15?,16?,17+,18?,20?/m0/s1. The molecule has 0 aromatic carbocycles. The first kappa shape index (κ1) is 24.0. The van der Waals surface area contributed by atoms with Crippen LogP contribution in [-0.4, -0.2) is 94.1 Å². The van der Waals surface area contributed by atoms with E-state index in [9.17, 15) is 20.1 Å². The number of allylic oxidation sites excluding steroid dienone is 2. The van der Waals surface area contributed by atoms with Crippen LogP contribution in [0.25, 0.3) is 0 Å². The number of aliphatic hydroxyl groups excluding tert-OH is 3. The van der Waals surface area contributed by atoms with Crippen molar-refractivity contribution in [2.45, 2.75) is 66.8 Å². The summed E-state index contributed by atoms with van der Waals surface area (Å²) in [5.41, 5.74) is 0.359. The van der Waals surface area contributed by atoms with Crippen molar-refractivity contribution in [3.8, 4) is 0 Å². The van der Waals surface area contributed by atoms with E-state index in [0.29, 0.717) is 13.2 Å². The predicted molar refractivity (Wildman–Crippen MR) is 115 cm³/mol. The van der Waals surface area contributed by atoms with Gasteiger partial charge >= 0.3 is 0 Å². The Morgan fingerprint density at radius 2 is 2.13 bits per heavy atom. The van der Waals surface area contributed by atoms with Crippen LogP contribution in [-0.2, 0) is 14.3 Å². The molecule has 2 fully saturated rings. The smallest absolute Gasteiger partial charge is 0.240 e. The first-order valence-electron chi connectivity index (χ1n) is 10.1. The Kier molecular flexibility index (Phi) is 8.25. The minimum absolute atomic E-state index is 0.147. The largest absolute Gasteiger partial charge is 0.388 e. The highest BCUT2D eigenvalue weighted by molar-refractivity contribution is 7.99. The number of carbonyl (C=O) groups excluding carboxylic acids is 1. The number of carbonyl (C=O) groups is 1. The molecule has 3 aliphatic heterocycles. The van der Waals surface area contributed by atoms with Gasteiger partial charge < -0.3 is 35.4 Å². The third kappa shape index (κ3) is 4.88. The van der Waals surface area contributed by atoms with Gasteiger partial charge in [-0.05, 0) is 25.2 Å². The quantitative estimate of drug-likeness (QED) is 0.343. The van der Waals surface area contributed by atoms with Crippen LogP contribution >= 0.6 is 23.4 Å². The van der Waals surface area contributed by atoms with Crippen LogP contribution in [0.15, 0.2) is 24.3 Å². The maximum atomic E-state index is 13.1. The van der Waals surface area contributed by atoms with E-state index in [4.69, 9.17) is 21.1 Å². The Balaban J connectivity index is 1.71. The molecule has 0 aromatic heterocycles. The van der Waals surface area contributed by atoms with Gasteiger partial charge in [0.15, 0.2) is 0 Å². The Morgan fingerprint density at radius 3 is 2.77 bits per heavy atom. The topological polar surface area (TPSA) is 120 Å². The Morgan fingerprint density at radius 1 is 1.40 bits per heavy atom. The lowest BCUT2D eigenvalue weighted by Gasteiger charge is -2.44. The average molecular weight is 463 g/mol. The number of rotatable bonds is 6. The zero-order valence-corrected chi connectivity index (χ0v) is 18.7. The number of aliphatic hydroxyl groups is 3. The van der Waals surface area contributed by atoms with Gasteiger partial charge in [-0.1, -0.05) is 18.7 Å². The number of fused-ring (bicyclic) bond motifs is 1. The van der Waals surface area contributed by atoms with E-state index in [2.05, 4.69) is 17.2 Å². The van der Waals surface area contributed by atoms with Crippen molar-refractivity contribution in [1.82, 2.24) is 10.6 Å². The molecular formula is C20H31ClN2O6S. The number of hydrogen-bond donors (Lipinski definition) is 5. The highest BCUT2D eigenvalue weighted by Crippen LogP contribution is 2.31. The highest BCUT2D eigenvalue weighted by Gasteiger charge is 2.49. The molecule has 5 unspecified atom stereocenters. The third-order valence-corrected chi connectivity index (χ3v) is 7.19. The van der Waals surface area contributed by atoms with Crippen molar-refractivity contribution in [3.05, 3.63) is 24.3 Å². The number of halogens is 1. The van der Waals surface area contributed by atoms with Gasteiger partial charge in [0.2, 0.25) is 5.91 Å². The van der Waals surface area contributed by atoms with Crippen molar-refractivity contribution in [1.29, 1.82) is 0 Å². The van der Waals surface area contributed by atoms with Gasteiger partial charge in [-0.25, -0.2) is 0 Å². The minimum atomic E-state index is -1.40. The number of alkyl halides is 1. The zero-order chi connectivity index (χ0) is 22.0. The molecule has 0 bridgehead atoms. The Labute approximate surface area is 186 Å². The SMILES string of the molecule is C=CC1=CCO[C@@H]2[C@H](CN[C@@H]2C(=O)N[C@@H](C2OC(SC)C(O)C(O)C2O)[C@H](C)Cl)C1. The van der Waals surface area contributed by atoms with Crippen LogP contribution in [0, 0.1) is 5.92 Å². The lowest BCUT2D eigenvalue weighted by molar-refractivity contribution is -0.205. The van der Waals surface area contributed by atoms with Gasteiger partial charge in [-0.2, -0.15) is 0 Å². The number of hydrogen-bond acceptors (Lipinski definition) is 8. The Bertz CT molecular complexity index is 663. The van der Waals surface area contributed by atoms with E-state index in [1.54, 1.807) is 13.2 Å². The van der Waals surface area contributed by atoms with Crippen molar-refractivity contribution >= 4 is 29.3 Å². The molecule has 3 rings (SSSR count). The fraction of sp³-hybridized carbons (Fsp3) is 0.750. The van der Waals surface area contributed by atoms with E-state index < -0.39 is 47.3 Å². The summed E-state index contributed by atoms with van der Waals surface area (Å²) in [6, 6.07) is -1.35. The molecule has 3 heterocycles. The van der Waals surface area contributed by atoms with Crippen LogP contribution in [0.2, 0.25) is 0 Å². The molecule has 8 nitrogen and oxygen atoms in total. The molecule has 0 aromatic rings. The molecule has 0 radical (unpaired) electrons. The van der Waals surface area contributed by atoms with Crippen LogP contribution < -0.4 is 10.6 Å². The molecule has 1 amide bonds. The molecule has 0 saturated carbocycles. The van der Waals surface area contributed by atoms with Crippen molar-refractivity contribution in [2.75, 3.05) is 19.4 Å². The molecule has 0 spiro atoms. The summed E-state index contributed by atoms with van der Waals surface area (Å²) in [5, 5.41) is 36.3. The van der Waals surface area contributed by atoms with Gasteiger partial charge in [-0.3, -0.25) is 4.79 Å². The molecule has 5 N–H and O–H groups in total. The van der Waals surface area contributed by atoms with E-state index in [-0.39, 0.29) is 17.9 Å². The van der Waals surface area contributed by atoms with Crippen LogP contribution in [0.4, 0.5) is 0 Å². The molecule has 30 heavy (non-hydrogen) atoms. The highest BCUT2D eigenvalue weighted by atomic mass is 35.5. The summed E-state index contributed by atoms with van der Waals surface area (Å²) < 4.78 is 11.7. The molecular weight excluding hydrogens is 432 g/mol. The van der Waals surface area contributed by atoms with Crippen molar-refractivity contribution in [3.63, 3.8) is 0 Å². The van der Waals surface area contributed by atoms with Crippen molar-refractivity contribution in [2.24, 2.45) is 5.92 Å². The number of nitrogens with one attached hydrogen (secondary N) is 2. The summed E-state index contributed by atoms with van der Waals surface area (Å²) >= 11 is 7.55. The van der Waals surface area contributed by atoms with E-state index in [1.165, 1.54) is 11.8 Å². The maximum Gasteiger partial charge on any atom is 0.240 e. The Hall–Kier alpha value is -0.650.